The van der Waals surface area contributed by atoms with E-state index in [1.165, 1.54) is 0 Å². The molecule has 3 heterocycles. The monoisotopic (exact) mass is 369 g/mol. The summed E-state index contributed by atoms with van der Waals surface area (Å²) in [5, 5.41) is 14.5. The first-order chi connectivity index (χ1) is 11.5. The van der Waals surface area contributed by atoms with Crippen molar-refractivity contribution in [2.24, 2.45) is 0 Å². The molecule has 24 heavy (non-hydrogen) atoms. The van der Waals surface area contributed by atoms with Crippen molar-refractivity contribution in [1.82, 2.24) is 15.1 Å². The quantitative estimate of drug-likeness (QED) is 0.837. The first-order valence-corrected chi connectivity index (χ1v) is 9.21. The molecule has 0 aliphatic carbocycles. The van der Waals surface area contributed by atoms with E-state index in [1.807, 2.05) is 4.90 Å². The van der Waals surface area contributed by atoms with Crippen LogP contribution in [0.25, 0.3) is 0 Å². The fourth-order valence-corrected chi connectivity index (χ4v) is 4.86. The number of hydrogen-bond acceptors (Lipinski definition) is 4. The maximum absolute atomic E-state index is 12.6. The minimum atomic E-state index is 0.0341. The zero-order chi connectivity index (χ0) is 16.8. The summed E-state index contributed by atoms with van der Waals surface area (Å²) >= 11 is 12.4. The first-order valence-electron chi connectivity index (χ1n) is 8.45. The summed E-state index contributed by atoms with van der Waals surface area (Å²) in [6, 6.07) is 3.83. The van der Waals surface area contributed by atoms with Crippen molar-refractivity contribution in [2.45, 2.75) is 30.8 Å². The van der Waals surface area contributed by atoms with Gasteiger partial charge in [-0.1, -0.05) is 23.2 Å². The molecule has 5 nitrogen and oxygen atoms in total. The predicted octanol–water partition coefficient (Wildman–Crippen LogP) is 2.06. The lowest BCUT2D eigenvalue weighted by Crippen LogP contribution is -2.56. The molecule has 2 N–H and O–H groups in total. The lowest BCUT2D eigenvalue weighted by molar-refractivity contribution is -0.138. The van der Waals surface area contributed by atoms with Crippen LogP contribution in [0.2, 0.25) is 10.0 Å². The van der Waals surface area contributed by atoms with Crippen LogP contribution in [0.5, 0.6) is 5.75 Å². The zero-order valence-corrected chi connectivity index (χ0v) is 14.9. The molecule has 3 fully saturated rings. The Bertz CT molecular complexity index is 663. The Balaban J connectivity index is 1.55. The number of fused-ring (bicyclic) bond motifs is 1. The van der Waals surface area contributed by atoms with E-state index in [-0.39, 0.29) is 23.6 Å². The van der Waals surface area contributed by atoms with Gasteiger partial charge < -0.3 is 15.3 Å². The third kappa shape index (κ3) is 2.77. The number of amides is 1. The second kappa shape index (κ2) is 6.37. The molecular weight excluding hydrogens is 349 g/mol. The summed E-state index contributed by atoms with van der Waals surface area (Å²) in [6.45, 7) is 3.98. The minimum absolute atomic E-state index is 0.0341. The van der Waals surface area contributed by atoms with E-state index in [0.717, 1.165) is 32.5 Å². The number of hydrogen-bond donors (Lipinski definition) is 2. The zero-order valence-electron chi connectivity index (χ0n) is 13.3. The molecule has 0 spiro atoms. The van der Waals surface area contributed by atoms with E-state index in [4.69, 9.17) is 23.2 Å². The normalized spacial score (nSPS) is 30.8. The van der Waals surface area contributed by atoms with Crippen molar-refractivity contribution in [3.63, 3.8) is 0 Å². The van der Waals surface area contributed by atoms with Gasteiger partial charge in [0.15, 0.2) is 0 Å². The van der Waals surface area contributed by atoms with Gasteiger partial charge >= 0.3 is 0 Å². The van der Waals surface area contributed by atoms with Crippen molar-refractivity contribution >= 4 is 29.1 Å². The van der Waals surface area contributed by atoms with Gasteiger partial charge in [0.25, 0.3) is 0 Å². The van der Waals surface area contributed by atoms with Crippen LogP contribution in [0.4, 0.5) is 0 Å². The van der Waals surface area contributed by atoms with Crippen molar-refractivity contribution in [3.05, 3.63) is 27.7 Å². The minimum Gasteiger partial charge on any atom is -0.508 e. The SMILES string of the molecule is O=C1CN([C@H]2CCNC2)C[C@@H]2C[C@H](c3c(O)ccc(Cl)c3Cl)CN12. The number of phenolic OH excluding ortho intramolecular Hbond substituents is 1. The van der Waals surface area contributed by atoms with Gasteiger partial charge in [-0.25, -0.2) is 0 Å². The molecule has 3 saturated heterocycles. The number of carbonyl (C=O) groups excluding carboxylic acids is 1. The van der Waals surface area contributed by atoms with Gasteiger partial charge in [0.05, 0.1) is 16.6 Å². The van der Waals surface area contributed by atoms with Gasteiger partial charge in [-0.2, -0.15) is 0 Å². The molecule has 1 amide bonds. The van der Waals surface area contributed by atoms with Gasteiger partial charge in [0, 0.05) is 43.2 Å². The molecule has 1 aromatic rings. The highest BCUT2D eigenvalue weighted by atomic mass is 35.5. The predicted molar refractivity (Wildman–Crippen MR) is 93.8 cm³/mol. The third-order valence-corrected chi connectivity index (χ3v) is 6.41. The number of halogens is 2. The Morgan fingerprint density at radius 1 is 1.21 bits per heavy atom. The van der Waals surface area contributed by atoms with Gasteiger partial charge in [-0.3, -0.25) is 9.69 Å². The van der Waals surface area contributed by atoms with Crippen LogP contribution in [0.1, 0.15) is 24.3 Å². The highest BCUT2D eigenvalue weighted by Gasteiger charge is 2.43. The molecule has 4 rings (SSSR count). The molecule has 0 saturated carbocycles. The number of nitrogens with zero attached hydrogens (tertiary/aromatic N) is 2. The second-order valence-electron chi connectivity index (χ2n) is 7.00. The fraction of sp³-hybridized carbons (Fsp3) is 0.588. The van der Waals surface area contributed by atoms with Crippen LogP contribution in [0.15, 0.2) is 12.1 Å². The van der Waals surface area contributed by atoms with Gasteiger partial charge in [0.2, 0.25) is 5.91 Å². The molecule has 0 unspecified atom stereocenters. The average molecular weight is 370 g/mol. The number of nitrogens with one attached hydrogen (secondary N) is 1. The molecule has 130 valence electrons. The molecular formula is C17H21Cl2N3O2. The Kier molecular flexibility index (Phi) is 4.37. The Labute approximate surface area is 151 Å². The molecule has 3 atom stereocenters. The van der Waals surface area contributed by atoms with Crippen LogP contribution >= 0.6 is 23.2 Å². The smallest absolute Gasteiger partial charge is 0.237 e. The van der Waals surface area contributed by atoms with E-state index in [1.54, 1.807) is 12.1 Å². The number of aromatic hydroxyl groups is 1. The highest BCUT2D eigenvalue weighted by Crippen LogP contribution is 2.43. The average Bonchev–Trinajstić information content (AvgIpc) is 3.20. The van der Waals surface area contributed by atoms with Crippen LogP contribution in [-0.2, 0) is 4.79 Å². The van der Waals surface area contributed by atoms with E-state index >= 15 is 0 Å². The van der Waals surface area contributed by atoms with Crippen LogP contribution in [0, 0.1) is 0 Å². The Morgan fingerprint density at radius 3 is 2.79 bits per heavy atom. The number of rotatable bonds is 2. The van der Waals surface area contributed by atoms with Crippen molar-refractivity contribution in [3.8, 4) is 5.75 Å². The molecule has 0 bridgehead atoms. The van der Waals surface area contributed by atoms with Crippen LogP contribution < -0.4 is 5.32 Å². The highest BCUT2D eigenvalue weighted by molar-refractivity contribution is 6.42. The van der Waals surface area contributed by atoms with Crippen LogP contribution in [0.3, 0.4) is 0 Å². The molecule has 0 aromatic heterocycles. The van der Waals surface area contributed by atoms with Crippen molar-refractivity contribution < 1.29 is 9.90 Å². The number of piperazine rings is 1. The summed E-state index contributed by atoms with van der Waals surface area (Å²) < 4.78 is 0. The lowest BCUT2D eigenvalue weighted by atomic mass is 9.95. The number of phenols is 1. The summed E-state index contributed by atoms with van der Waals surface area (Å²) in [7, 11) is 0. The molecule has 3 aliphatic rings. The summed E-state index contributed by atoms with van der Waals surface area (Å²) in [6.07, 6.45) is 1.92. The topological polar surface area (TPSA) is 55.8 Å². The number of carbonyl (C=O) groups is 1. The molecule has 0 radical (unpaired) electrons. The van der Waals surface area contributed by atoms with Gasteiger partial charge in [-0.15, -0.1) is 0 Å². The fourth-order valence-electron chi connectivity index (χ4n) is 4.38. The molecule has 3 aliphatic heterocycles. The summed E-state index contributed by atoms with van der Waals surface area (Å²) in [5.74, 6) is 0.378. The third-order valence-electron chi connectivity index (χ3n) is 5.59. The second-order valence-corrected chi connectivity index (χ2v) is 7.79. The lowest BCUT2D eigenvalue weighted by Gasteiger charge is -2.39. The van der Waals surface area contributed by atoms with E-state index < -0.39 is 0 Å². The molecule has 7 heteroatoms. The maximum Gasteiger partial charge on any atom is 0.237 e. The Hall–Kier alpha value is -1.01. The van der Waals surface area contributed by atoms with E-state index in [0.29, 0.717) is 34.7 Å². The summed E-state index contributed by atoms with van der Waals surface area (Å²) in [4.78, 5) is 16.9. The van der Waals surface area contributed by atoms with Gasteiger partial charge in [-0.05, 0) is 31.5 Å². The van der Waals surface area contributed by atoms with E-state index in [9.17, 15) is 9.90 Å². The first kappa shape index (κ1) is 16.5. The van der Waals surface area contributed by atoms with Crippen molar-refractivity contribution in [1.29, 1.82) is 0 Å². The van der Waals surface area contributed by atoms with Crippen LogP contribution in [-0.4, -0.2) is 65.6 Å². The largest absolute Gasteiger partial charge is 0.508 e. The van der Waals surface area contributed by atoms with Gasteiger partial charge in [0.1, 0.15) is 5.75 Å². The standard InChI is InChI=1S/C17H21Cl2N3O2/c18-13-1-2-14(23)16(17(13)19)10-5-12-8-21(11-3-4-20-6-11)9-15(24)22(12)7-10/h1-2,10-12,20,23H,3-9H2/t10-,11-,12-/m0/s1. The summed E-state index contributed by atoms with van der Waals surface area (Å²) in [5.41, 5.74) is 0.681. The van der Waals surface area contributed by atoms with Crippen molar-refractivity contribution in [2.75, 3.05) is 32.7 Å². The van der Waals surface area contributed by atoms with E-state index in [2.05, 4.69) is 10.2 Å². The number of benzene rings is 1. The Morgan fingerprint density at radius 2 is 2.04 bits per heavy atom. The molecule has 1 aromatic carbocycles. The maximum atomic E-state index is 12.6.